The second kappa shape index (κ2) is 5.60. The number of hydrogen-bond acceptors (Lipinski definition) is 3. The summed E-state index contributed by atoms with van der Waals surface area (Å²) in [6, 6.07) is 12.1. The van der Waals surface area contributed by atoms with Gasteiger partial charge in [-0.25, -0.2) is 0 Å². The van der Waals surface area contributed by atoms with Gasteiger partial charge in [-0.2, -0.15) is 0 Å². The first kappa shape index (κ1) is 15.1. The molecule has 0 radical (unpaired) electrons. The number of hydrogen-bond donors (Lipinski definition) is 1. The fourth-order valence-electron chi connectivity index (χ4n) is 2.08. The number of carbonyl (C=O) groups is 1. The Morgan fingerprint density at radius 3 is 2.19 bits per heavy atom. The van der Waals surface area contributed by atoms with Gasteiger partial charge in [0.1, 0.15) is 11.5 Å². The van der Waals surface area contributed by atoms with E-state index in [4.69, 9.17) is 4.74 Å². The van der Waals surface area contributed by atoms with E-state index in [1.807, 2.05) is 6.07 Å². The molecule has 0 bridgehead atoms. The van der Waals surface area contributed by atoms with Crippen LogP contribution in [0.1, 0.15) is 42.3 Å². The van der Waals surface area contributed by atoms with E-state index in [2.05, 4.69) is 20.8 Å². The van der Waals surface area contributed by atoms with Crippen molar-refractivity contribution in [2.75, 3.05) is 7.11 Å². The molecule has 0 saturated heterocycles. The highest BCUT2D eigenvalue weighted by Gasteiger charge is 2.19. The number of aromatic hydroxyl groups is 1. The van der Waals surface area contributed by atoms with Crippen LogP contribution in [-0.4, -0.2) is 18.0 Å². The molecule has 0 aliphatic heterocycles. The first-order valence-corrected chi connectivity index (χ1v) is 6.85. The quantitative estimate of drug-likeness (QED) is 0.869. The SMILES string of the molecule is COc1ccc(C(=O)c2cc(C(C)(C)C)ccc2O)cc1. The van der Waals surface area contributed by atoms with Gasteiger partial charge in [-0.1, -0.05) is 26.8 Å². The van der Waals surface area contributed by atoms with E-state index in [1.54, 1.807) is 43.5 Å². The van der Waals surface area contributed by atoms with Crippen LogP contribution < -0.4 is 4.74 Å². The van der Waals surface area contributed by atoms with Crippen molar-refractivity contribution in [3.8, 4) is 11.5 Å². The van der Waals surface area contributed by atoms with Gasteiger partial charge in [-0.05, 0) is 47.4 Å². The van der Waals surface area contributed by atoms with E-state index in [9.17, 15) is 9.90 Å². The number of benzene rings is 2. The van der Waals surface area contributed by atoms with Crippen LogP contribution in [-0.2, 0) is 5.41 Å². The van der Waals surface area contributed by atoms with Crippen LogP contribution in [0.15, 0.2) is 42.5 Å². The maximum Gasteiger partial charge on any atom is 0.196 e. The summed E-state index contributed by atoms with van der Waals surface area (Å²) < 4.78 is 5.08. The minimum atomic E-state index is -0.193. The Balaban J connectivity index is 2.42. The number of phenolic OH excluding ortho intramolecular Hbond substituents is 1. The molecule has 2 rings (SSSR count). The van der Waals surface area contributed by atoms with Gasteiger partial charge in [-0.3, -0.25) is 4.79 Å². The third-order valence-corrected chi connectivity index (χ3v) is 3.46. The van der Waals surface area contributed by atoms with Gasteiger partial charge < -0.3 is 9.84 Å². The van der Waals surface area contributed by atoms with Crippen LogP contribution in [0.5, 0.6) is 11.5 Å². The maximum atomic E-state index is 12.5. The molecule has 0 aliphatic carbocycles. The summed E-state index contributed by atoms with van der Waals surface area (Å²) in [5.74, 6) is 0.504. The largest absolute Gasteiger partial charge is 0.507 e. The Kier molecular flexibility index (Phi) is 4.03. The highest BCUT2D eigenvalue weighted by molar-refractivity contribution is 6.10. The molecule has 2 aromatic carbocycles. The summed E-state index contributed by atoms with van der Waals surface area (Å²) in [5.41, 5.74) is 1.78. The van der Waals surface area contributed by atoms with Gasteiger partial charge in [-0.15, -0.1) is 0 Å². The molecule has 0 aliphatic rings. The molecule has 2 aromatic rings. The third-order valence-electron chi connectivity index (χ3n) is 3.46. The summed E-state index contributed by atoms with van der Waals surface area (Å²) in [4.78, 5) is 12.5. The molecule has 0 heterocycles. The Bertz CT molecular complexity index is 649. The standard InChI is InChI=1S/C18H20O3/c1-18(2,3)13-7-10-16(19)15(11-13)17(20)12-5-8-14(21-4)9-6-12/h5-11,19H,1-4H3. The van der Waals surface area contributed by atoms with Crippen molar-refractivity contribution in [2.24, 2.45) is 0 Å². The van der Waals surface area contributed by atoms with Crippen LogP contribution in [0.3, 0.4) is 0 Å². The molecule has 21 heavy (non-hydrogen) atoms. The summed E-state index contributed by atoms with van der Waals surface area (Å²) in [6.45, 7) is 6.21. The topological polar surface area (TPSA) is 46.5 Å². The van der Waals surface area contributed by atoms with Crippen molar-refractivity contribution in [1.82, 2.24) is 0 Å². The minimum Gasteiger partial charge on any atom is -0.507 e. The Morgan fingerprint density at radius 2 is 1.67 bits per heavy atom. The average molecular weight is 284 g/mol. The summed E-state index contributed by atoms with van der Waals surface area (Å²) >= 11 is 0. The summed E-state index contributed by atoms with van der Waals surface area (Å²) in [6.07, 6.45) is 0. The third kappa shape index (κ3) is 3.24. The van der Waals surface area contributed by atoms with Crippen LogP contribution in [0.2, 0.25) is 0 Å². The zero-order valence-corrected chi connectivity index (χ0v) is 12.8. The van der Waals surface area contributed by atoms with E-state index in [0.29, 0.717) is 16.9 Å². The highest BCUT2D eigenvalue weighted by atomic mass is 16.5. The molecule has 0 amide bonds. The van der Waals surface area contributed by atoms with Crippen molar-refractivity contribution in [2.45, 2.75) is 26.2 Å². The van der Waals surface area contributed by atoms with Crippen LogP contribution >= 0.6 is 0 Å². The molecule has 0 atom stereocenters. The van der Waals surface area contributed by atoms with Gasteiger partial charge in [0, 0.05) is 5.56 Å². The molecule has 0 fully saturated rings. The maximum absolute atomic E-state index is 12.5. The monoisotopic (exact) mass is 284 g/mol. The highest BCUT2D eigenvalue weighted by Crippen LogP contribution is 2.29. The Hall–Kier alpha value is -2.29. The van der Waals surface area contributed by atoms with Gasteiger partial charge in [0.05, 0.1) is 12.7 Å². The lowest BCUT2D eigenvalue weighted by Gasteiger charge is -2.20. The number of ether oxygens (including phenoxy) is 1. The van der Waals surface area contributed by atoms with E-state index in [-0.39, 0.29) is 16.9 Å². The lowest BCUT2D eigenvalue weighted by molar-refractivity contribution is 0.103. The minimum absolute atomic E-state index is 0.00354. The van der Waals surface area contributed by atoms with E-state index in [0.717, 1.165) is 5.56 Å². The fourth-order valence-corrected chi connectivity index (χ4v) is 2.08. The summed E-state index contributed by atoms with van der Waals surface area (Å²) in [7, 11) is 1.58. The molecular weight excluding hydrogens is 264 g/mol. The lowest BCUT2D eigenvalue weighted by Crippen LogP contribution is -2.12. The van der Waals surface area contributed by atoms with Gasteiger partial charge >= 0.3 is 0 Å². The smallest absolute Gasteiger partial charge is 0.196 e. The van der Waals surface area contributed by atoms with Crippen molar-refractivity contribution in [3.63, 3.8) is 0 Å². The average Bonchev–Trinajstić information content (AvgIpc) is 2.46. The molecule has 1 N–H and O–H groups in total. The van der Waals surface area contributed by atoms with Crippen molar-refractivity contribution in [3.05, 3.63) is 59.2 Å². The Labute approximate surface area is 125 Å². The summed E-state index contributed by atoms with van der Waals surface area (Å²) in [5, 5.41) is 9.99. The lowest BCUT2D eigenvalue weighted by atomic mass is 9.85. The van der Waals surface area contributed by atoms with Gasteiger partial charge in [0.15, 0.2) is 5.78 Å². The van der Waals surface area contributed by atoms with E-state index >= 15 is 0 Å². The normalized spacial score (nSPS) is 11.2. The van der Waals surface area contributed by atoms with Crippen LogP contribution in [0, 0.1) is 0 Å². The van der Waals surface area contributed by atoms with Crippen molar-refractivity contribution >= 4 is 5.78 Å². The molecular formula is C18H20O3. The van der Waals surface area contributed by atoms with E-state index in [1.165, 1.54) is 0 Å². The zero-order chi connectivity index (χ0) is 15.6. The van der Waals surface area contributed by atoms with Crippen LogP contribution in [0.25, 0.3) is 0 Å². The molecule has 0 saturated carbocycles. The number of phenols is 1. The van der Waals surface area contributed by atoms with Crippen LogP contribution in [0.4, 0.5) is 0 Å². The van der Waals surface area contributed by atoms with Crippen molar-refractivity contribution in [1.29, 1.82) is 0 Å². The molecule has 3 nitrogen and oxygen atoms in total. The van der Waals surface area contributed by atoms with Crippen molar-refractivity contribution < 1.29 is 14.6 Å². The second-order valence-electron chi connectivity index (χ2n) is 6.04. The molecule has 0 aromatic heterocycles. The van der Waals surface area contributed by atoms with Gasteiger partial charge in [0.25, 0.3) is 0 Å². The molecule has 0 unspecified atom stereocenters. The second-order valence-corrected chi connectivity index (χ2v) is 6.04. The first-order chi connectivity index (χ1) is 9.82. The zero-order valence-electron chi connectivity index (χ0n) is 12.8. The Morgan fingerprint density at radius 1 is 1.05 bits per heavy atom. The predicted molar refractivity (Wildman–Crippen MR) is 83.2 cm³/mol. The number of carbonyl (C=O) groups excluding carboxylic acids is 1. The first-order valence-electron chi connectivity index (χ1n) is 6.85. The fraction of sp³-hybridized carbons (Fsp3) is 0.278. The molecule has 0 spiro atoms. The van der Waals surface area contributed by atoms with E-state index < -0.39 is 0 Å². The number of ketones is 1. The number of rotatable bonds is 3. The molecule has 3 heteroatoms. The van der Waals surface area contributed by atoms with Gasteiger partial charge in [0.2, 0.25) is 0 Å². The number of methoxy groups -OCH3 is 1. The predicted octanol–water partition coefficient (Wildman–Crippen LogP) is 3.93. The molecule has 110 valence electrons.